The Balaban J connectivity index is 2.26. The molecule has 1 atom stereocenters. The van der Waals surface area contributed by atoms with Crippen LogP contribution in [-0.2, 0) is 10.0 Å². The maximum atomic E-state index is 12.7. The van der Waals surface area contributed by atoms with Gasteiger partial charge in [0.15, 0.2) is 0 Å². The van der Waals surface area contributed by atoms with Crippen molar-refractivity contribution in [3.63, 3.8) is 0 Å². The van der Waals surface area contributed by atoms with E-state index in [0.29, 0.717) is 16.6 Å². The minimum Gasteiger partial charge on any atom is -0.497 e. The molecule has 0 radical (unpaired) electrons. The molecule has 5 nitrogen and oxygen atoms in total. The van der Waals surface area contributed by atoms with Crippen molar-refractivity contribution in [1.29, 1.82) is 0 Å². The minimum absolute atomic E-state index is 0.183. The van der Waals surface area contributed by atoms with E-state index in [1.54, 1.807) is 13.2 Å². The average molecular weight is 414 g/mol. The molecule has 130 valence electrons. The average Bonchev–Trinajstić information content (AvgIpc) is 2.59. The van der Waals surface area contributed by atoms with Crippen LogP contribution >= 0.6 is 15.9 Å². The summed E-state index contributed by atoms with van der Waals surface area (Å²) in [5, 5.41) is 0. The molecule has 0 bridgehead atoms. The molecule has 0 fully saturated rings. The summed E-state index contributed by atoms with van der Waals surface area (Å²) in [5.41, 5.74) is 0.884. The van der Waals surface area contributed by atoms with E-state index in [1.807, 2.05) is 31.2 Å². The normalized spacial score (nSPS) is 12.7. The lowest BCUT2D eigenvalue weighted by molar-refractivity contribution is 0.411. The summed E-state index contributed by atoms with van der Waals surface area (Å²) in [6, 6.07) is 11.7. The Kier molecular flexibility index (Phi) is 6.26. The number of halogens is 1. The highest BCUT2D eigenvalue weighted by Crippen LogP contribution is 2.28. The highest BCUT2D eigenvalue weighted by atomic mass is 79.9. The molecule has 1 unspecified atom stereocenters. The second-order valence-electron chi connectivity index (χ2n) is 5.15. The Morgan fingerprint density at radius 2 is 1.75 bits per heavy atom. The summed E-state index contributed by atoms with van der Waals surface area (Å²) in [4.78, 5) is 0.183. The zero-order valence-electron chi connectivity index (χ0n) is 13.7. The van der Waals surface area contributed by atoms with Crippen LogP contribution in [0, 0.1) is 0 Å². The molecule has 2 aromatic carbocycles. The van der Waals surface area contributed by atoms with E-state index < -0.39 is 10.0 Å². The van der Waals surface area contributed by atoms with Crippen LogP contribution in [0.3, 0.4) is 0 Å². The van der Waals surface area contributed by atoms with Gasteiger partial charge < -0.3 is 9.47 Å². The number of rotatable bonds is 7. The van der Waals surface area contributed by atoms with Crippen LogP contribution < -0.4 is 14.2 Å². The van der Waals surface area contributed by atoms with E-state index in [1.165, 1.54) is 19.2 Å². The number of sulfonamides is 1. The fraction of sp³-hybridized carbons (Fsp3) is 0.294. The third-order valence-electron chi connectivity index (χ3n) is 3.66. The predicted octanol–water partition coefficient (Wildman–Crippen LogP) is 3.90. The highest BCUT2D eigenvalue weighted by molar-refractivity contribution is 9.10. The molecular weight excluding hydrogens is 394 g/mol. The van der Waals surface area contributed by atoms with Gasteiger partial charge in [0.05, 0.1) is 23.6 Å². The van der Waals surface area contributed by atoms with Crippen LogP contribution in [0.25, 0.3) is 0 Å². The van der Waals surface area contributed by atoms with Gasteiger partial charge in [-0.15, -0.1) is 0 Å². The summed E-state index contributed by atoms with van der Waals surface area (Å²) in [6.45, 7) is 1.93. The fourth-order valence-electron chi connectivity index (χ4n) is 2.29. The largest absolute Gasteiger partial charge is 0.497 e. The van der Waals surface area contributed by atoms with Crippen LogP contribution in [0.5, 0.6) is 11.5 Å². The van der Waals surface area contributed by atoms with Crippen LogP contribution in [0.2, 0.25) is 0 Å². The van der Waals surface area contributed by atoms with Gasteiger partial charge >= 0.3 is 0 Å². The first-order chi connectivity index (χ1) is 11.4. The molecule has 0 aromatic heterocycles. The molecule has 24 heavy (non-hydrogen) atoms. The molecule has 0 saturated carbocycles. The first kappa shape index (κ1) is 18.8. The molecule has 0 aliphatic carbocycles. The maximum absolute atomic E-state index is 12.7. The molecule has 2 rings (SSSR count). The quantitative estimate of drug-likeness (QED) is 0.747. The zero-order valence-corrected chi connectivity index (χ0v) is 16.1. The molecule has 2 aromatic rings. The monoisotopic (exact) mass is 413 g/mol. The van der Waals surface area contributed by atoms with Gasteiger partial charge in [-0.25, -0.2) is 13.1 Å². The zero-order chi connectivity index (χ0) is 17.7. The fourth-order valence-corrected chi connectivity index (χ4v) is 4.32. The molecule has 0 heterocycles. The van der Waals surface area contributed by atoms with Crippen LogP contribution in [0.15, 0.2) is 51.8 Å². The molecule has 1 N–H and O–H groups in total. The van der Waals surface area contributed by atoms with Gasteiger partial charge in [0.2, 0.25) is 10.0 Å². The lowest BCUT2D eigenvalue weighted by atomic mass is 10.1. The van der Waals surface area contributed by atoms with Gasteiger partial charge in [-0.1, -0.05) is 19.1 Å². The van der Waals surface area contributed by atoms with E-state index in [0.717, 1.165) is 11.3 Å². The molecular formula is C17H20BrNO4S. The van der Waals surface area contributed by atoms with E-state index in [9.17, 15) is 8.42 Å². The third kappa shape index (κ3) is 4.28. The molecule has 7 heteroatoms. The molecule has 0 aliphatic heterocycles. The summed E-state index contributed by atoms with van der Waals surface area (Å²) in [7, 11) is -0.525. The lowest BCUT2D eigenvalue weighted by Crippen LogP contribution is -2.28. The lowest BCUT2D eigenvalue weighted by Gasteiger charge is -2.18. The van der Waals surface area contributed by atoms with Crippen molar-refractivity contribution < 1.29 is 17.9 Å². The Labute approximate surface area is 151 Å². The standard InChI is InChI=1S/C17H20BrNO4S/c1-4-16(12-5-7-13(22-2)8-6-12)19-24(20,21)14-9-10-17(23-3)15(18)11-14/h5-11,16,19H,4H2,1-3H3. The van der Waals surface area contributed by atoms with Gasteiger partial charge in [-0.2, -0.15) is 0 Å². The van der Waals surface area contributed by atoms with E-state index in [4.69, 9.17) is 9.47 Å². The third-order valence-corrected chi connectivity index (χ3v) is 5.75. The van der Waals surface area contributed by atoms with Gasteiger partial charge in [-0.05, 0) is 58.2 Å². The van der Waals surface area contributed by atoms with Crippen molar-refractivity contribution in [2.75, 3.05) is 14.2 Å². The van der Waals surface area contributed by atoms with Crippen molar-refractivity contribution in [3.05, 3.63) is 52.5 Å². The first-order valence-corrected chi connectivity index (χ1v) is 9.68. The van der Waals surface area contributed by atoms with Gasteiger partial charge in [0, 0.05) is 6.04 Å². The van der Waals surface area contributed by atoms with Crippen LogP contribution in [0.1, 0.15) is 24.9 Å². The molecule has 0 saturated heterocycles. The second-order valence-corrected chi connectivity index (χ2v) is 7.72. The van der Waals surface area contributed by atoms with E-state index >= 15 is 0 Å². The molecule has 0 aliphatic rings. The Morgan fingerprint density at radius 1 is 1.08 bits per heavy atom. The summed E-state index contributed by atoms with van der Waals surface area (Å²) in [6.07, 6.45) is 0.628. The second kappa shape index (κ2) is 8.00. The van der Waals surface area contributed by atoms with Gasteiger partial charge in [0.25, 0.3) is 0 Å². The van der Waals surface area contributed by atoms with Crippen molar-refractivity contribution in [2.24, 2.45) is 0 Å². The highest BCUT2D eigenvalue weighted by Gasteiger charge is 2.21. The summed E-state index contributed by atoms with van der Waals surface area (Å²) < 4.78 is 38.9. The Bertz CT molecular complexity index is 791. The number of hydrogen-bond donors (Lipinski definition) is 1. The van der Waals surface area contributed by atoms with Crippen LogP contribution in [0.4, 0.5) is 0 Å². The number of methoxy groups -OCH3 is 2. The Hall–Kier alpha value is -1.57. The van der Waals surface area contributed by atoms with Crippen molar-refractivity contribution >= 4 is 26.0 Å². The number of nitrogens with one attached hydrogen (secondary N) is 1. The topological polar surface area (TPSA) is 64.6 Å². The van der Waals surface area contributed by atoms with Crippen molar-refractivity contribution in [3.8, 4) is 11.5 Å². The number of benzene rings is 2. The SMILES string of the molecule is CCC(NS(=O)(=O)c1ccc(OC)c(Br)c1)c1ccc(OC)cc1. The summed E-state index contributed by atoms with van der Waals surface area (Å²) >= 11 is 3.31. The van der Waals surface area contributed by atoms with E-state index in [2.05, 4.69) is 20.7 Å². The Morgan fingerprint density at radius 3 is 2.25 bits per heavy atom. The first-order valence-electron chi connectivity index (χ1n) is 7.41. The predicted molar refractivity (Wildman–Crippen MR) is 97.0 cm³/mol. The number of hydrogen-bond acceptors (Lipinski definition) is 4. The smallest absolute Gasteiger partial charge is 0.241 e. The van der Waals surface area contributed by atoms with Crippen molar-refractivity contribution in [2.45, 2.75) is 24.3 Å². The molecule has 0 spiro atoms. The summed E-state index contributed by atoms with van der Waals surface area (Å²) in [5.74, 6) is 1.31. The van der Waals surface area contributed by atoms with Crippen molar-refractivity contribution in [1.82, 2.24) is 4.72 Å². The maximum Gasteiger partial charge on any atom is 0.241 e. The van der Waals surface area contributed by atoms with Gasteiger partial charge in [-0.3, -0.25) is 0 Å². The number of ether oxygens (including phenoxy) is 2. The minimum atomic E-state index is -3.65. The van der Waals surface area contributed by atoms with E-state index in [-0.39, 0.29) is 10.9 Å². The van der Waals surface area contributed by atoms with Crippen LogP contribution in [-0.4, -0.2) is 22.6 Å². The molecule has 0 amide bonds. The van der Waals surface area contributed by atoms with Gasteiger partial charge in [0.1, 0.15) is 11.5 Å².